The standard InChI is InChI=1S/C18H18N.Ir/c1-18(2)16-11-7-6-8-14(16)12-13-19-17(18)15-9-4-3-5-10-15;/h3-9,11H,12-13H2,1-2H3;/q-1;. The van der Waals surface area contributed by atoms with E-state index in [-0.39, 0.29) is 25.5 Å². The first kappa shape index (κ1) is 15.2. The molecule has 1 heterocycles. The Morgan fingerprint density at radius 2 is 1.80 bits per heavy atom. The van der Waals surface area contributed by atoms with E-state index in [1.807, 2.05) is 12.1 Å². The summed E-state index contributed by atoms with van der Waals surface area (Å²) in [6, 6.07) is 20.2. The maximum absolute atomic E-state index is 4.85. The first-order chi connectivity index (χ1) is 9.19. The summed E-state index contributed by atoms with van der Waals surface area (Å²) in [7, 11) is 0. The van der Waals surface area contributed by atoms with Crippen LogP contribution in [0.5, 0.6) is 0 Å². The van der Waals surface area contributed by atoms with Crippen molar-refractivity contribution in [2.24, 2.45) is 4.99 Å². The third-order valence-corrected chi connectivity index (χ3v) is 3.90. The molecule has 1 nitrogen and oxygen atoms in total. The minimum absolute atomic E-state index is 0. The van der Waals surface area contributed by atoms with Crippen LogP contribution in [0.25, 0.3) is 0 Å². The summed E-state index contributed by atoms with van der Waals surface area (Å²) in [6.45, 7) is 5.38. The van der Waals surface area contributed by atoms with Crippen molar-refractivity contribution >= 4 is 5.71 Å². The van der Waals surface area contributed by atoms with Crippen LogP contribution in [0.2, 0.25) is 0 Å². The minimum atomic E-state index is -0.0645. The summed E-state index contributed by atoms with van der Waals surface area (Å²) in [4.78, 5) is 4.85. The third kappa shape index (κ3) is 2.63. The van der Waals surface area contributed by atoms with E-state index >= 15 is 0 Å². The molecule has 0 atom stereocenters. The fourth-order valence-corrected chi connectivity index (χ4v) is 2.92. The predicted octanol–water partition coefficient (Wildman–Crippen LogP) is 3.81. The van der Waals surface area contributed by atoms with Gasteiger partial charge < -0.3 is 4.99 Å². The maximum atomic E-state index is 4.85. The van der Waals surface area contributed by atoms with Gasteiger partial charge in [-0.05, 0) is 28.7 Å². The van der Waals surface area contributed by atoms with E-state index < -0.39 is 0 Å². The number of benzene rings is 2. The van der Waals surface area contributed by atoms with Crippen LogP contribution in [0, 0.1) is 6.07 Å². The van der Waals surface area contributed by atoms with Gasteiger partial charge in [-0.15, -0.1) is 35.9 Å². The van der Waals surface area contributed by atoms with E-state index in [4.69, 9.17) is 4.99 Å². The fourth-order valence-electron chi connectivity index (χ4n) is 2.92. The summed E-state index contributed by atoms with van der Waals surface area (Å²) >= 11 is 0. The van der Waals surface area contributed by atoms with Crippen LogP contribution >= 0.6 is 0 Å². The first-order valence-corrected chi connectivity index (χ1v) is 6.80. The zero-order chi connectivity index (χ0) is 13.3. The molecule has 0 unspecified atom stereocenters. The average Bonchev–Trinajstić information content (AvgIpc) is 2.57. The molecule has 1 aliphatic heterocycles. The van der Waals surface area contributed by atoms with E-state index in [0.29, 0.717) is 0 Å². The zero-order valence-corrected chi connectivity index (χ0v) is 14.2. The molecule has 0 aromatic heterocycles. The molecule has 2 aromatic rings. The molecule has 1 aliphatic rings. The second-order valence-electron chi connectivity index (χ2n) is 5.54. The molecule has 0 amide bonds. The molecular weight excluding hydrogens is 422 g/mol. The Kier molecular flexibility index (Phi) is 4.57. The fraction of sp³-hybridized carbons (Fsp3) is 0.278. The molecule has 0 N–H and O–H groups in total. The Balaban J connectivity index is 0.00000147. The van der Waals surface area contributed by atoms with Gasteiger partial charge in [-0.2, -0.15) is 0 Å². The van der Waals surface area contributed by atoms with Crippen molar-refractivity contribution in [3.8, 4) is 0 Å². The van der Waals surface area contributed by atoms with Gasteiger partial charge in [0.25, 0.3) is 0 Å². The third-order valence-electron chi connectivity index (χ3n) is 3.90. The number of nitrogens with zero attached hydrogens (tertiary/aromatic N) is 1. The van der Waals surface area contributed by atoms with Gasteiger partial charge in [0.2, 0.25) is 0 Å². The van der Waals surface area contributed by atoms with Crippen molar-refractivity contribution in [3.63, 3.8) is 0 Å². The molecule has 2 heteroatoms. The van der Waals surface area contributed by atoms with Crippen LogP contribution in [-0.2, 0) is 31.9 Å². The summed E-state index contributed by atoms with van der Waals surface area (Å²) < 4.78 is 0. The molecule has 0 bridgehead atoms. The van der Waals surface area contributed by atoms with Crippen LogP contribution in [-0.4, -0.2) is 12.3 Å². The Hall–Kier alpha value is -1.24. The van der Waals surface area contributed by atoms with Gasteiger partial charge in [0, 0.05) is 26.7 Å². The molecule has 3 rings (SSSR count). The molecule has 20 heavy (non-hydrogen) atoms. The summed E-state index contributed by atoms with van der Waals surface area (Å²) in [5, 5.41) is 0. The van der Waals surface area contributed by atoms with Gasteiger partial charge in [0.15, 0.2) is 0 Å². The molecule has 2 aromatic carbocycles. The summed E-state index contributed by atoms with van der Waals surface area (Å²) in [5.41, 5.74) is 5.01. The van der Waals surface area contributed by atoms with Crippen molar-refractivity contribution in [3.05, 3.63) is 71.3 Å². The molecule has 0 spiro atoms. The first-order valence-electron chi connectivity index (χ1n) is 6.80. The van der Waals surface area contributed by atoms with E-state index in [1.165, 1.54) is 11.1 Å². The molecular formula is C18H18IrN-. The van der Waals surface area contributed by atoms with E-state index in [0.717, 1.165) is 24.2 Å². The number of aliphatic imine (C=N–C) groups is 1. The summed E-state index contributed by atoms with van der Waals surface area (Å²) in [5.74, 6) is 0. The topological polar surface area (TPSA) is 12.4 Å². The normalized spacial score (nSPS) is 16.4. The molecule has 0 saturated heterocycles. The Morgan fingerprint density at radius 1 is 1.05 bits per heavy atom. The minimum Gasteiger partial charge on any atom is -0.336 e. The van der Waals surface area contributed by atoms with E-state index in [9.17, 15) is 0 Å². The second kappa shape index (κ2) is 6.03. The van der Waals surface area contributed by atoms with Crippen molar-refractivity contribution in [1.29, 1.82) is 0 Å². The van der Waals surface area contributed by atoms with Gasteiger partial charge >= 0.3 is 0 Å². The van der Waals surface area contributed by atoms with Crippen LogP contribution in [0.15, 0.2) is 53.5 Å². The number of rotatable bonds is 1. The largest absolute Gasteiger partial charge is 0.336 e. The van der Waals surface area contributed by atoms with Crippen molar-refractivity contribution < 1.29 is 20.1 Å². The number of hydrogen-bond donors (Lipinski definition) is 0. The van der Waals surface area contributed by atoms with Crippen LogP contribution in [0.3, 0.4) is 0 Å². The predicted molar refractivity (Wildman–Crippen MR) is 79.9 cm³/mol. The summed E-state index contributed by atoms with van der Waals surface area (Å²) in [6.07, 6.45) is 1.02. The van der Waals surface area contributed by atoms with Crippen LogP contribution in [0.1, 0.15) is 30.5 Å². The van der Waals surface area contributed by atoms with Crippen LogP contribution in [0.4, 0.5) is 0 Å². The molecule has 0 aliphatic carbocycles. The molecule has 105 valence electrons. The van der Waals surface area contributed by atoms with Gasteiger partial charge in [-0.1, -0.05) is 38.1 Å². The van der Waals surface area contributed by atoms with Gasteiger partial charge in [-0.25, -0.2) is 0 Å². The molecule has 0 saturated carbocycles. The average molecular weight is 441 g/mol. The SMILES string of the molecule is CC1(C)C(c2[c-]cccc2)=NCCc2ccccc21.[Ir]. The second-order valence-corrected chi connectivity index (χ2v) is 5.54. The van der Waals surface area contributed by atoms with Gasteiger partial charge in [0.1, 0.15) is 0 Å². The van der Waals surface area contributed by atoms with Gasteiger partial charge in [-0.3, -0.25) is 0 Å². The van der Waals surface area contributed by atoms with Crippen molar-refractivity contribution in [2.75, 3.05) is 6.54 Å². The van der Waals surface area contributed by atoms with Crippen molar-refractivity contribution in [1.82, 2.24) is 0 Å². The van der Waals surface area contributed by atoms with Crippen molar-refractivity contribution in [2.45, 2.75) is 25.7 Å². The Bertz CT molecular complexity index is 614. The maximum Gasteiger partial charge on any atom is 0.0326 e. The van der Waals surface area contributed by atoms with Crippen LogP contribution < -0.4 is 0 Å². The number of hydrogen-bond acceptors (Lipinski definition) is 1. The zero-order valence-electron chi connectivity index (χ0n) is 11.8. The number of fused-ring (bicyclic) bond motifs is 1. The Labute approximate surface area is 134 Å². The quantitative estimate of drug-likeness (QED) is 0.598. The van der Waals surface area contributed by atoms with E-state index in [1.54, 1.807) is 0 Å². The van der Waals surface area contributed by atoms with E-state index in [2.05, 4.69) is 56.3 Å². The molecule has 1 radical (unpaired) electrons. The van der Waals surface area contributed by atoms with Gasteiger partial charge in [0.05, 0.1) is 0 Å². The smallest absolute Gasteiger partial charge is 0.0326 e. The Morgan fingerprint density at radius 3 is 2.55 bits per heavy atom. The monoisotopic (exact) mass is 441 g/mol. The molecule has 0 fully saturated rings.